The highest BCUT2D eigenvalue weighted by Crippen LogP contribution is 2.02. The predicted octanol–water partition coefficient (Wildman–Crippen LogP) is 3.08. The fourth-order valence-electron chi connectivity index (χ4n) is 1.82. The van der Waals surface area contributed by atoms with Gasteiger partial charge in [0.05, 0.1) is 6.54 Å². The van der Waals surface area contributed by atoms with Gasteiger partial charge in [0.25, 0.3) is 0 Å². The number of halogens is 1. The van der Waals surface area contributed by atoms with Crippen LogP contribution in [0.15, 0.2) is 4.99 Å². The standard InChI is InChI=1S/C15H34N4.HI/c1-6-9-10-11-14(4)18-15(16-7-2)17-12-13-19(5)8-3;/h14H,6-13H2,1-5H3,(H2,16,17,18);1H. The number of guanidine groups is 1. The van der Waals surface area contributed by atoms with Gasteiger partial charge in [-0.3, -0.25) is 4.99 Å². The van der Waals surface area contributed by atoms with Crippen LogP contribution in [0, 0.1) is 0 Å². The second kappa shape index (κ2) is 15.4. The number of unbranched alkanes of at least 4 members (excludes halogenated alkanes) is 2. The molecule has 0 aliphatic carbocycles. The van der Waals surface area contributed by atoms with Gasteiger partial charge in [0.2, 0.25) is 0 Å². The first-order chi connectivity index (χ1) is 9.13. The van der Waals surface area contributed by atoms with Gasteiger partial charge >= 0.3 is 0 Å². The van der Waals surface area contributed by atoms with E-state index in [1.807, 2.05) is 0 Å². The predicted molar refractivity (Wildman–Crippen MR) is 101 cm³/mol. The summed E-state index contributed by atoms with van der Waals surface area (Å²) >= 11 is 0. The molecule has 122 valence electrons. The van der Waals surface area contributed by atoms with Gasteiger partial charge in [-0.25, -0.2) is 0 Å². The van der Waals surface area contributed by atoms with Gasteiger partial charge in [0.1, 0.15) is 0 Å². The number of nitrogens with one attached hydrogen (secondary N) is 2. The fourth-order valence-corrected chi connectivity index (χ4v) is 1.82. The first kappa shape index (κ1) is 22.2. The zero-order valence-corrected chi connectivity index (χ0v) is 16.4. The van der Waals surface area contributed by atoms with E-state index in [-0.39, 0.29) is 24.0 Å². The molecule has 0 aliphatic rings. The van der Waals surface area contributed by atoms with E-state index in [1.165, 1.54) is 25.7 Å². The van der Waals surface area contributed by atoms with E-state index in [9.17, 15) is 0 Å². The molecular weight excluding hydrogens is 363 g/mol. The number of nitrogens with zero attached hydrogens (tertiary/aromatic N) is 2. The van der Waals surface area contributed by atoms with Crippen molar-refractivity contribution in [1.29, 1.82) is 0 Å². The third kappa shape index (κ3) is 13.0. The average Bonchev–Trinajstić information content (AvgIpc) is 2.39. The highest BCUT2D eigenvalue weighted by Gasteiger charge is 2.04. The molecule has 0 aromatic heterocycles. The van der Waals surface area contributed by atoms with E-state index in [0.29, 0.717) is 6.04 Å². The second-order valence-corrected chi connectivity index (χ2v) is 5.20. The molecule has 1 unspecified atom stereocenters. The van der Waals surface area contributed by atoms with Crippen LogP contribution in [-0.4, -0.2) is 50.1 Å². The largest absolute Gasteiger partial charge is 0.357 e. The van der Waals surface area contributed by atoms with Crippen LogP contribution < -0.4 is 10.6 Å². The number of rotatable bonds is 10. The van der Waals surface area contributed by atoms with E-state index in [0.717, 1.165) is 32.1 Å². The molecule has 2 N–H and O–H groups in total. The van der Waals surface area contributed by atoms with Crippen LogP contribution in [0.2, 0.25) is 0 Å². The van der Waals surface area contributed by atoms with Gasteiger partial charge in [0, 0.05) is 19.1 Å². The quantitative estimate of drug-likeness (QED) is 0.257. The van der Waals surface area contributed by atoms with Crippen LogP contribution in [0.3, 0.4) is 0 Å². The molecule has 0 aliphatic heterocycles. The van der Waals surface area contributed by atoms with Crippen LogP contribution in [0.4, 0.5) is 0 Å². The Morgan fingerprint density at radius 3 is 2.45 bits per heavy atom. The molecule has 5 heteroatoms. The Kier molecular flexibility index (Phi) is 17.1. The van der Waals surface area contributed by atoms with E-state index in [2.05, 4.69) is 55.3 Å². The molecule has 20 heavy (non-hydrogen) atoms. The normalized spacial score (nSPS) is 13.0. The molecule has 0 rings (SSSR count). The Morgan fingerprint density at radius 2 is 1.90 bits per heavy atom. The van der Waals surface area contributed by atoms with Gasteiger partial charge in [-0.15, -0.1) is 24.0 Å². The van der Waals surface area contributed by atoms with Gasteiger partial charge in [0.15, 0.2) is 5.96 Å². The summed E-state index contributed by atoms with van der Waals surface area (Å²) in [6, 6.07) is 0.494. The number of aliphatic imine (C=N–C) groups is 1. The molecule has 0 saturated heterocycles. The van der Waals surface area contributed by atoms with Gasteiger partial charge in [-0.05, 0) is 33.9 Å². The van der Waals surface area contributed by atoms with E-state index in [1.54, 1.807) is 0 Å². The number of hydrogen-bond acceptors (Lipinski definition) is 2. The minimum Gasteiger partial charge on any atom is -0.357 e. The van der Waals surface area contributed by atoms with Crippen molar-refractivity contribution >= 4 is 29.9 Å². The first-order valence-electron chi connectivity index (χ1n) is 7.87. The molecular formula is C15H35IN4. The highest BCUT2D eigenvalue weighted by atomic mass is 127. The van der Waals surface area contributed by atoms with Crippen molar-refractivity contribution in [3.8, 4) is 0 Å². The minimum atomic E-state index is 0. The zero-order valence-electron chi connectivity index (χ0n) is 14.0. The fraction of sp³-hybridized carbons (Fsp3) is 0.933. The van der Waals surface area contributed by atoms with Crippen LogP contribution in [0.25, 0.3) is 0 Å². The molecule has 4 nitrogen and oxygen atoms in total. The summed E-state index contributed by atoms with van der Waals surface area (Å²) in [5.41, 5.74) is 0. The van der Waals surface area contributed by atoms with E-state index in [4.69, 9.17) is 0 Å². The molecule has 1 atom stereocenters. The molecule has 0 bridgehead atoms. The Labute approximate surface area is 143 Å². The molecule has 0 fully saturated rings. The molecule has 0 spiro atoms. The van der Waals surface area contributed by atoms with E-state index >= 15 is 0 Å². The van der Waals surface area contributed by atoms with Crippen molar-refractivity contribution in [3.05, 3.63) is 0 Å². The topological polar surface area (TPSA) is 39.7 Å². The summed E-state index contributed by atoms with van der Waals surface area (Å²) in [5, 5.41) is 6.80. The summed E-state index contributed by atoms with van der Waals surface area (Å²) in [5.74, 6) is 0.955. The Hall–Kier alpha value is -0.0400. The molecule has 0 heterocycles. The minimum absolute atomic E-state index is 0. The first-order valence-corrected chi connectivity index (χ1v) is 7.87. The monoisotopic (exact) mass is 398 g/mol. The van der Waals surface area contributed by atoms with Crippen molar-refractivity contribution in [2.75, 3.05) is 33.2 Å². The second-order valence-electron chi connectivity index (χ2n) is 5.20. The van der Waals surface area contributed by atoms with Crippen molar-refractivity contribution in [1.82, 2.24) is 15.5 Å². The Balaban J connectivity index is 0. The number of hydrogen-bond donors (Lipinski definition) is 2. The van der Waals surface area contributed by atoms with Crippen molar-refractivity contribution in [3.63, 3.8) is 0 Å². The van der Waals surface area contributed by atoms with Crippen LogP contribution in [0.5, 0.6) is 0 Å². The summed E-state index contributed by atoms with van der Waals surface area (Å²) in [4.78, 5) is 6.90. The lowest BCUT2D eigenvalue weighted by Gasteiger charge is -2.18. The lowest BCUT2D eigenvalue weighted by Crippen LogP contribution is -2.42. The molecule has 0 radical (unpaired) electrons. The van der Waals surface area contributed by atoms with Gasteiger partial charge in [-0.1, -0.05) is 33.1 Å². The van der Waals surface area contributed by atoms with Crippen LogP contribution in [-0.2, 0) is 0 Å². The Bertz CT molecular complexity index is 234. The van der Waals surface area contributed by atoms with Gasteiger partial charge < -0.3 is 15.5 Å². The third-order valence-electron chi connectivity index (χ3n) is 3.26. The molecule has 0 amide bonds. The van der Waals surface area contributed by atoms with Gasteiger partial charge in [-0.2, -0.15) is 0 Å². The lowest BCUT2D eigenvalue weighted by atomic mass is 10.1. The van der Waals surface area contributed by atoms with Crippen molar-refractivity contribution in [2.45, 2.75) is 59.4 Å². The summed E-state index contributed by atoms with van der Waals surface area (Å²) in [6.07, 6.45) is 5.11. The van der Waals surface area contributed by atoms with E-state index < -0.39 is 0 Å². The summed E-state index contributed by atoms with van der Waals surface area (Å²) in [7, 11) is 2.13. The summed E-state index contributed by atoms with van der Waals surface area (Å²) < 4.78 is 0. The zero-order chi connectivity index (χ0) is 14.5. The molecule has 0 aromatic carbocycles. The average molecular weight is 398 g/mol. The van der Waals surface area contributed by atoms with Crippen molar-refractivity contribution in [2.24, 2.45) is 4.99 Å². The summed E-state index contributed by atoms with van der Waals surface area (Å²) in [6.45, 7) is 12.6. The molecule has 0 saturated carbocycles. The lowest BCUT2D eigenvalue weighted by molar-refractivity contribution is 0.363. The van der Waals surface area contributed by atoms with Crippen LogP contribution >= 0.6 is 24.0 Å². The van der Waals surface area contributed by atoms with Crippen LogP contribution in [0.1, 0.15) is 53.4 Å². The molecule has 0 aromatic rings. The maximum atomic E-state index is 4.62. The van der Waals surface area contributed by atoms with Crippen molar-refractivity contribution < 1.29 is 0 Å². The third-order valence-corrected chi connectivity index (χ3v) is 3.26. The highest BCUT2D eigenvalue weighted by molar-refractivity contribution is 14.0. The number of likely N-dealkylation sites (N-methyl/N-ethyl adjacent to an activating group) is 1. The SMILES string of the molecule is CCCCCC(C)NC(=NCCN(C)CC)NCC.I. The smallest absolute Gasteiger partial charge is 0.191 e. The maximum absolute atomic E-state index is 4.62. The Morgan fingerprint density at radius 1 is 1.20 bits per heavy atom. The maximum Gasteiger partial charge on any atom is 0.191 e.